The molecule has 7 nitrogen and oxygen atoms in total. The molecule has 23 heavy (non-hydrogen) atoms. The molecule has 0 aromatic rings. The van der Waals surface area contributed by atoms with E-state index in [4.69, 9.17) is 4.74 Å². The van der Waals surface area contributed by atoms with Gasteiger partial charge < -0.3 is 10.1 Å². The van der Waals surface area contributed by atoms with E-state index in [-0.39, 0.29) is 11.8 Å². The number of hydrogen-bond donors (Lipinski definition) is 1. The monoisotopic (exact) mass is 347 g/mol. The highest BCUT2D eigenvalue weighted by Crippen LogP contribution is 2.22. The fraction of sp³-hybridized carbons (Fsp3) is 0.933. The van der Waals surface area contributed by atoms with Crippen LogP contribution in [-0.2, 0) is 19.7 Å². The summed E-state index contributed by atoms with van der Waals surface area (Å²) in [6, 6.07) is 0. The number of piperidine rings is 1. The van der Waals surface area contributed by atoms with Crippen LogP contribution in [0.15, 0.2) is 0 Å². The number of nitrogens with zero attached hydrogens (tertiary/aromatic N) is 2. The van der Waals surface area contributed by atoms with E-state index in [2.05, 4.69) is 19.2 Å². The van der Waals surface area contributed by atoms with Gasteiger partial charge in [0.25, 0.3) is 10.2 Å². The van der Waals surface area contributed by atoms with Crippen LogP contribution in [-0.4, -0.2) is 68.9 Å². The molecule has 0 radical (unpaired) electrons. The summed E-state index contributed by atoms with van der Waals surface area (Å²) in [5, 5.41) is 2.97. The molecule has 0 aromatic heterocycles. The Labute approximate surface area is 139 Å². The smallest absolute Gasteiger partial charge is 0.282 e. The Hall–Kier alpha value is -0.700. The van der Waals surface area contributed by atoms with Crippen molar-refractivity contribution >= 4 is 16.1 Å². The minimum Gasteiger partial charge on any atom is -0.379 e. The maximum atomic E-state index is 12.6. The first-order valence-electron chi connectivity index (χ1n) is 8.52. The van der Waals surface area contributed by atoms with Gasteiger partial charge in [0, 0.05) is 38.6 Å². The second-order valence-electron chi connectivity index (χ2n) is 6.67. The fourth-order valence-electron chi connectivity index (χ4n) is 2.92. The van der Waals surface area contributed by atoms with E-state index in [1.54, 1.807) is 0 Å². The first-order chi connectivity index (χ1) is 10.9. The molecule has 2 rings (SSSR count). The van der Waals surface area contributed by atoms with Crippen LogP contribution in [0.3, 0.4) is 0 Å². The van der Waals surface area contributed by atoms with Crippen molar-refractivity contribution in [1.29, 1.82) is 0 Å². The van der Waals surface area contributed by atoms with Crippen molar-refractivity contribution in [2.75, 3.05) is 45.9 Å². The van der Waals surface area contributed by atoms with Gasteiger partial charge in [-0.2, -0.15) is 17.0 Å². The van der Waals surface area contributed by atoms with Crippen LogP contribution in [0.4, 0.5) is 0 Å². The molecule has 2 heterocycles. The van der Waals surface area contributed by atoms with Gasteiger partial charge in [-0.15, -0.1) is 0 Å². The van der Waals surface area contributed by atoms with Crippen molar-refractivity contribution in [2.24, 2.45) is 11.8 Å². The van der Waals surface area contributed by atoms with Gasteiger partial charge >= 0.3 is 0 Å². The van der Waals surface area contributed by atoms with Crippen LogP contribution in [0.2, 0.25) is 0 Å². The molecule has 134 valence electrons. The second-order valence-corrected chi connectivity index (χ2v) is 8.59. The molecule has 8 heteroatoms. The van der Waals surface area contributed by atoms with E-state index < -0.39 is 10.2 Å². The summed E-state index contributed by atoms with van der Waals surface area (Å²) in [5.41, 5.74) is 0. The molecule has 0 aliphatic carbocycles. The van der Waals surface area contributed by atoms with Crippen LogP contribution in [0.1, 0.15) is 33.1 Å². The third-order valence-electron chi connectivity index (χ3n) is 4.47. The lowest BCUT2D eigenvalue weighted by Crippen LogP contribution is -2.51. The summed E-state index contributed by atoms with van der Waals surface area (Å²) >= 11 is 0. The molecule has 1 N–H and O–H groups in total. The number of carbonyl (C=O) groups is 1. The van der Waals surface area contributed by atoms with Gasteiger partial charge in [0.15, 0.2) is 0 Å². The van der Waals surface area contributed by atoms with Gasteiger partial charge in [-0.25, -0.2) is 0 Å². The summed E-state index contributed by atoms with van der Waals surface area (Å²) < 4.78 is 33.3. The minimum atomic E-state index is -3.41. The average Bonchev–Trinajstić information content (AvgIpc) is 2.55. The maximum absolute atomic E-state index is 12.6. The molecule has 0 unspecified atom stereocenters. The summed E-state index contributed by atoms with van der Waals surface area (Å²) in [6.07, 6.45) is 2.16. The minimum absolute atomic E-state index is 0.0640. The van der Waals surface area contributed by atoms with Crippen LogP contribution < -0.4 is 5.32 Å². The molecule has 0 bridgehead atoms. The van der Waals surface area contributed by atoms with Crippen LogP contribution >= 0.6 is 0 Å². The first kappa shape index (κ1) is 18.6. The van der Waals surface area contributed by atoms with Crippen molar-refractivity contribution in [3.8, 4) is 0 Å². The highest BCUT2D eigenvalue weighted by atomic mass is 32.2. The number of rotatable bonds is 6. The van der Waals surface area contributed by atoms with Crippen molar-refractivity contribution in [3.63, 3.8) is 0 Å². The Bertz CT molecular complexity index is 481. The summed E-state index contributed by atoms with van der Waals surface area (Å²) in [6.45, 7) is 7.52. The Kier molecular flexibility index (Phi) is 6.82. The van der Waals surface area contributed by atoms with Crippen LogP contribution in [0, 0.1) is 11.8 Å². The van der Waals surface area contributed by atoms with Gasteiger partial charge in [0.1, 0.15) is 0 Å². The molecule has 2 aliphatic rings. The van der Waals surface area contributed by atoms with Crippen LogP contribution in [0.5, 0.6) is 0 Å². The zero-order chi connectivity index (χ0) is 16.9. The number of hydrogen-bond acceptors (Lipinski definition) is 4. The highest BCUT2D eigenvalue weighted by molar-refractivity contribution is 7.86. The molecule has 2 saturated heterocycles. The lowest BCUT2D eigenvalue weighted by Gasteiger charge is -2.35. The fourth-order valence-corrected chi connectivity index (χ4v) is 4.53. The second kappa shape index (κ2) is 8.41. The standard InChI is InChI=1S/C15H29N3O4S/c1-13(2)3-6-16-15(19)14-4-7-17(8-5-14)23(20,21)18-9-11-22-12-10-18/h13-14H,3-12H2,1-2H3,(H,16,19). The number of nitrogens with one attached hydrogen (secondary N) is 1. The molecule has 0 spiro atoms. The predicted molar refractivity (Wildman–Crippen MR) is 88.1 cm³/mol. The molecule has 0 saturated carbocycles. The molecule has 2 aliphatic heterocycles. The average molecular weight is 347 g/mol. The van der Waals surface area contributed by atoms with E-state index in [1.165, 1.54) is 8.61 Å². The van der Waals surface area contributed by atoms with Gasteiger partial charge in [0.05, 0.1) is 13.2 Å². The zero-order valence-corrected chi connectivity index (χ0v) is 15.0. The van der Waals surface area contributed by atoms with Crippen molar-refractivity contribution in [1.82, 2.24) is 13.9 Å². The van der Waals surface area contributed by atoms with Crippen molar-refractivity contribution in [3.05, 3.63) is 0 Å². The van der Waals surface area contributed by atoms with E-state index in [9.17, 15) is 13.2 Å². The topological polar surface area (TPSA) is 79.0 Å². The Morgan fingerprint density at radius 2 is 1.70 bits per heavy atom. The van der Waals surface area contributed by atoms with E-state index in [0.29, 0.717) is 64.7 Å². The van der Waals surface area contributed by atoms with E-state index in [1.807, 2.05) is 0 Å². The van der Waals surface area contributed by atoms with Gasteiger partial charge in [-0.1, -0.05) is 13.8 Å². The molecular formula is C15H29N3O4S. The molecule has 2 fully saturated rings. The number of ether oxygens (including phenoxy) is 1. The highest BCUT2D eigenvalue weighted by Gasteiger charge is 2.35. The summed E-state index contributed by atoms with van der Waals surface area (Å²) in [5.74, 6) is 0.559. The van der Waals surface area contributed by atoms with Gasteiger partial charge in [-0.05, 0) is 25.2 Å². The third kappa shape index (κ3) is 5.14. The third-order valence-corrected chi connectivity index (χ3v) is 6.50. The SMILES string of the molecule is CC(C)CCNC(=O)C1CCN(S(=O)(=O)N2CCOCC2)CC1. The summed E-state index contributed by atoms with van der Waals surface area (Å²) in [4.78, 5) is 12.1. The summed E-state index contributed by atoms with van der Waals surface area (Å²) in [7, 11) is -3.41. The van der Waals surface area contributed by atoms with Crippen molar-refractivity contribution in [2.45, 2.75) is 33.1 Å². The van der Waals surface area contributed by atoms with Gasteiger partial charge in [0.2, 0.25) is 5.91 Å². The number of morpholine rings is 1. The Morgan fingerprint density at radius 3 is 2.26 bits per heavy atom. The molecular weight excluding hydrogens is 318 g/mol. The maximum Gasteiger partial charge on any atom is 0.282 e. The lowest BCUT2D eigenvalue weighted by atomic mass is 9.97. The molecule has 1 amide bonds. The normalized spacial score (nSPS) is 22.4. The number of carbonyl (C=O) groups excluding carboxylic acids is 1. The Morgan fingerprint density at radius 1 is 1.13 bits per heavy atom. The zero-order valence-electron chi connectivity index (χ0n) is 14.2. The van der Waals surface area contributed by atoms with Gasteiger partial charge in [-0.3, -0.25) is 4.79 Å². The van der Waals surface area contributed by atoms with Crippen LogP contribution in [0.25, 0.3) is 0 Å². The van der Waals surface area contributed by atoms with E-state index in [0.717, 1.165) is 6.42 Å². The molecule has 0 aromatic carbocycles. The quantitative estimate of drug-likeness (QED) is 0.756. The predicted octanol–water partition coefficient (Wildman–Crippen LogP) is 0.438. The van der Waals surface area contributed by atoms with E-state index >= 15 is 0 Å². The molecule has 0 atom stereocenters. The first-order valence-corrected chi connectivity index (χ1v) is 9.91. The lowest BCUT2D eigenvalue weighted by molar-refractivity contribution is -0.126. The number of amides is 1. The largest absolute Gasteiger partial charge is 0.379 e. The Balaban J connectivity index is 1.79. The van der Waals surface area contributed by atoms with Crippen molar-refractivity contribution < 1.29 is 17.9 Å².